The predicted molar refractivity (Wildman–Crippen MR) is 54.6 cm³/mol. The monoisotopic (exact) mass is 199 g/mol. The SMILES string of the molecule is COc1nc(C)c(C(C)C)cc1Cl. The first kappa shape index (κ1) is 10.3. The lowest BCUT2D eigenvalue weighted by atomic mass is 10.0. The molecular weight excluding hydrogens is 186 g/mol. The molecule has 0 bridgehead atoms. The summed E-state index contributed by atoms with van der Waals surface area (Å²) >= 11 is 5.96. The van der Waals surface area contributed by atoms with Crippen LogP contribution in [0.3, 0.4) is 0 Å². The van der Waals surface area contributed by atoms with Crippen molar-refractivity contribution in [3.05, 3.63) is 22.3 Å². The standard InChI is InChI=1S/C10H14ClNO/c1-6(2)8-5-9(11)10(13-4)12-7(8)3/h5-6H,1-4H3. The zero-order chi connectivity index (χ0) is 10.0. The molecule has 0 aliphatic rings. The molecule has 13 heavy (non-hydrogen) atoms. The van der Waals surface area contributed by atoms with E-state index in [-0.39, 0.29) is 0 Å². The van der Waals surface area contributed by atoms with Crippen LogP contribution < -0.4 is 4.74 Å². The Morgan fingerprint density at radius 3 is 2.54 bits per heavy atom. The molecule has 1 aromatic rings. The van der Waals surface area contributed by atoms with Crippen LogP contribution in [0.1, 0.15) is 31.0 Å². The van der Waals surface area contributed by atoms with Crippen LogP contribution in [0.15, 0.2) is 6.07 Å². The molecule has 0 aromatic carbocycles. The minimum Gasteiger partial charge on any atom is -0.480 e. The average Bonchev–Trinajstić information content (AvgIpc) is 2.07. The number of methoxy groups -OCH3 is 1. The lowest BCUT2D eigenvalue weighted by molar-refractivity contribution is 0.396. The molecule has 1 aromatic heterocycles. The highest BCUT2D eigenvalue weighted by Crippen LogP contribution is 2.27. The molecule has 2 nitrogen and oxygen atoms in total. The van der Waals surface area contributed by atoms with Gasteiger partial charge in [0, 0.05) is 5.69 Å². The molecule has 0 aliphatic heterocycles. The number of aromatic nitrogens is 1. The summed E-state index contributed by atoms with van der Waals surface area (Å²) in [6.45, 7) is 6.20. The second kappa shape index (κ2) is 3.97. The zero-order valence-corrected chi connectivity index (χ0v) is 9.14. The molecule has 0 aliphatic carbocycles. The first-order chi connectivity index (χ1) is 6.06. The Hall–Kier alpha value is -0.760. The van der Waals surface area contributed by atoms with Gasteiger partial charge in [-0.25, -0.2) is 4.98 Å². The first-order valence-electron chi connectivity index (χ1n) is 4.27. The van der Waals surface area contributed by atoms with Crippen LogP contribution in [0.5, 0.6) is 5.88 Å². The summed E-state index contributed by atoms with van der Waals surface area (Å²) in [7, 11) is 1.57. The maximum Gasteiger partial charge on any atom is 0.232 e. The normalized spacial score (nSPS) is 10.6. The van der Waals surface area contributed by atoms with Crippen LogP contribution >= 0.6 is 11.6 Å². The quantitative estimate of drug-likeness (QED) is 0.730. The van der Waals surface area contributed by atoms with Crippen molar-refractivity contribution in [2.45, 2.75) is 26.7 Å². The minimum absolute atomic E-state index is 0.441. The molecule has 0 saturated heterocycles. The van der Waals surface area contributed by atoms with E-state index in [0.29, 0.717) is 16.8 Å². The molecule has 0 spiro atoms. The van der Waals surface area contributed by atoms with E-state index < -0.39 is 0 Å². The van der Waals surface area contributed by atoms with Crippen molar-refractivity contribution in [3.63, 3.8) is 0 Å². The van der Waals surface area contributed by atoms with Crippen LogP contribution in [0.4, 0.5) is 0 Å². The van der Waals surface area contributed by atoms with Gasteiger partial charge in [-0.2, -0.15) is 0 Å². The maximum absolute atomic E-state index is 5.96. The van der Waals surface area contributed by atoms with Crippen molar-refractivity contribution in [1.82, 2.24) is 4.98 Å². The van der Waals surface area contributed by atoms with Crippen molar-refractivity contribution in [2.24, 2.45) is 0 Å². The molecule has 0 saturated carbocycles. The lowest BCUT2D eigenvalue weighted by Gasteiger charge is -2.11. The molecule has 0 amide bonds. The van der Waals surface area contributed by atoms with E-state index in [9.17, 15) is 0 Å². The summed E-state index contributed by atoms with van der Waals surface area (Å²) < 4.78 is 5.02. The summed E-state index contributed by atoms with van der Waals surface area (Å²) in [5.74, 6) is 0.944. The topological polar surface area (TPSA) is 22.1 Å². The molecule has 0 fully saturated rings. The van der Waals surface area contributed by atoms with E-state index in [1.807, 2.05) is 13.0 Å². The second-order valence-corrected chi connectivity index (χ2v) is 3.72. The van der Waals surface area contributed by atoms with E-state index in [0.717, 1.165) is 5.69 Å². The molecule has 3 heteroatoms. The predicted octanol–water partition coefficient (Wildman–Crippen LogP) is 3.18. The lowest BCUT2D eigenvalue weighted by Crippen LogP contribution is -1.98. The zero-order valence-electron chi connectivity index (χ0n) is 8.39. The Kier molecular flexibility index (Phi) is 3.15. The highest BCUT2D eigenvalue weighted by Gasteiger charge is 2.09. The van der Waals surface area contributed by atoms with Gasteiger partial charge in [0.25, 0.3) is 0 Å². The Bertz CT molecular complexity index is 310. The number of pyridine rings is 1. The van der Waals surface area contributed by atoms with Crippen LogP contribution in [0, 0.1) is 6.92 Å². The van der Waals surface area contributed by atoms with Gasteiger partial charge in [0.15, 0.2) is 0 Å². The van der Waals surface area contributed by atoms with Gasteiger partial charge in [0.1, 0.15) is 5.02 Å². The van der Waals surface area contributed by atoms with E-state index in [2.05, 4.69) is 18.8 Å². The summed E-state index contributed by atoms with van der Waals surface area (Å²) in [5.41, 5.74) is 2.15. The first-order valence-corrected chi connectivity index (χ1v) is 4.65. The Morgan fingerprint density at radius 2 is 2.08 bits per heavy atom. The van der Waals surface area contributed by atoms with E-state index in [1.54, 1.807) is 7.11 Å². The van der Waals surface area contributed by atoms with Crippen LogP contribution in [0.2, 0.25) is 5.02 Å². The van der Waals surface area contributed by atoms with E-state index >= 15 is 0 Å². The molecule has 0 unspecified atom stereocenters. The second-order valence-electron chi connectivity index (χ2n) is 3.31. The van der Waals surface area contributed by atoms with Crippen molar-refractivity contribution in [2.75, 3.05) is 7.11 Å². The summed E-state index contributed by atoms with van der Waals surface area (Å²) in [4.78, 5) is 4.26. The van der Waals surface area contributed by atoms with E-state index in [1.165, 1.54) is 5.56 Å². The Labute approximate surface area is 83.9 Å². The largest absolute Gasteiger partial charge is 0.480 e. The fraction of sp³-hybridized carbons (Fsp3) is 0.500. The number of aryl methyl sites for hydroxylation is 1. The smallest absolute Gasteiger partial charge is 0.232 e. The number of hydrogen-bond acceptors (Lipinski definition) is 2. The fourth-order valence-electron chi connectivity index (χ4n) is 1.30. The number of halogens is 1. The Balaban J connectivity index is 3.20. The Morgan fingerprint density at radius 1 is 1.46 bits per heavy atom. The molecule has 72 valence electrons. The molecule has 0 N–H and O–H groups in total. The maximum atomic E-state index is 5.96. The van der Waals surface area contributed by atoms with Gasteiger partial charge in [-0.3, -0.25) is 0 Å². The van der Waals surface area contributed by atoms with Gasteiger partial charge in [-0.15, -0.1) is 0 Å². The molecule has 1 heterocycles. The summed E-state index contributed by atoms with van der Waals surface area (Å²) in [6, 6.07) is 1.92. The van der Waals surface area contributed by atoms with Crippen LogP contribution in [0.25, 0.3) is 0 Å². The number of rotatable bonds is 2. The molecule has 0 atom stereocenters. The van der Waals surface area contributed by atoms with Crippen molar-refractivity contribution in [3.8, 4) is 5.88 Å². The summed E-state index contributed by atoms with van der Waals surface area (Å²) in [5, 5.41) is 0.580. The van der Waals surface area contributed by atoms with Crippen LogP contribution in [-0.2, 0) is 0 Å². The van der Waals surface area contributed by atoms with Crippen molar-refractivity contribution in [1.29, 1.82) is 0 Å². The van der Waals surface area contributed by atoms with Gasteiger partial charge >= 0.3 is 0 Å². The third-order valence-corrected chi connectivity index (χ3v) is 2.26. The van der Waals surface area contributed by atoms with Gasteiger partial charge in [0.2, 0.25) is 5.88 Å². The van der Waals surface area contributed by atoms with E-state index in [4.69, 9.17) is 16.3 Å². The number of nitrogens with zero attached hydrogens (tertiary/aromatic N) is 1. The molecule has 0 radical (unpaired) electrons. The average molecular weight is 200 g/mol. The number of hydrogen-bond donors (Lipinski definition) is 0. The molecule has 1 rings (SSSR count). The van der Waals surface area contributed by atoms with Gasteiger partial charge in [0.05, 0.1) is 7.11 Å². The van der Waals surface area contributed by atoms with Gasteiger partial charge < -0.3 is 4.74 Å². The highest BCUT2D eigenvalue weighted by atomic mass is 35.5. The van der Waals surface area contributed by atoms with Crippen LogP contribution in [-0.4, -0.2) is 12.1 Å². The minimum atomic E-state index is 0.441. The number of ether oxygens (including phenoxy) is 1. The van der Waals surface area contributed by atoms with Gasteiger partial charge in [-0.1, -0.05) is 25.4 Å². The molecular formula is C10H14ClNO. The van der Waals surface area contributed by atoms with Crippen molar-refractivity contribution < 1.29 is 4.74 Å². The third kappa shape index (κ3) is 2.13. The third-order valence-electron chi connectivity index (χ3n) is 1.99. The van der Waals surface area contributed by atoms with Gasteiger partial charge in [-0.05, 0) is 24.5 Å². The van der Waals surface area contributed by atoms with Crippen molar-refractivity contribution >= 4 is 11.6 Å². The fourth-order valence-corrected chi connectivity index (χ4v) is 1.54. The highest BCUT2D eigenvalue weighted by molar-refractivity contribution is 6.31. The summed E-state index contributed by atoms with van der Waals surface area (Å²) in [6.07, 6.45) is 0.